The van der Waals surface area contributed by atoms with E-state index in [0.29, 0.717) is 11.3 Å². The molecule has 116 valence electrons. The molecule has 1 aliphatic heterocycles. The van der Waals surface area contributed by atoms with Gasteiger partial charge in [-0.1, -0.05) is 12.1 Å². The van der Waals surface area contributed by atoms with Gasteiger partial charge in [-0.25, -0.2) is 9.79 Å². The Morgan fingerprint density at radius 1 is 1.55 bits per heavy atom. The van der Waals surface area contributed by atoms with Gasteiger partial charge in [0.25, 0.3) is 5.69 Å². The summed E-state index contributed by atoms with van der Waals surface area (Å²) in [4.78, 5) is 26.8. The van der Waals surface area contributed by atoms with Gasteiger partial charge in [-0.3, -0.25) is 10.1 Å². The molecular weight excluding hydrogens is 288 g/mol. The van der Waals surface area contributed by atoms with E-state index in [1.807, 2.05) is 0 Å². The van der Waals surface area contributed by atoms with Gasteiger partial charge in [0, 0.05) is 17.8 Å². The van der Waals surface area contributed by atoms with Crippen LogP contribution in [0.4, 0.5) is 5.69 Å². The molecule has 0 saturated carbocycles. The first-order chi connectivity index (χ1) is 10.4. The highest BCUT2D eigenvalue weighted by atomic mass is 16.6. The number of non-ortho nitro benzene ring substituents is 1. The predicted molar refractivity (Wildman–Crippen MR) is 79.9 cm³/mol. The molecule has 1 aromatic carbocycles. The Bertz CT molecular complexity index is 681. The fourth-order valence-electron chi connectivity index (χ4n) is 2.22. The Hall–Kier alpha value is -2.90. The Morgan fingerprint density at radius 2 is 2.27 bits per heavy atom. The molecule has 1 heterocycles. The van der Waals surface area contributed by atoms with E-state index in [4.69, 9.17) is 10.5 Å². The maximum atomic E-state index is 12.2. The molecule has 1 aromatic rings. The van der Waals surface area contributed by atoms with Crippen molar-refractivity contribution in [2.75, 3.05) is 6.61 Å². The minimum Gasteiger partial charge on any atom is -0.463 e. The monoisotopic (exact) mass is 304 g/mol. The van der Waals surface area contributed by atoms with Gasteiger partial charge in [0.15, 0.2) is 5.96 Å². The van der Waals surface area contributed by atoms with Crippen molar-refractivity contribution >= 4 is 17.6 Å². The Balaban J connectivity index is 2.49. The van der Waals surface area contributed by atoms with Crippen LogP contribution in [0.1, 0.15) is 25.5 Å². The number of nitro groups is 1. The summed E-state index contributed by atoms with van der Waals surface area (Å²) in [6.45, 7) is 3.60. The van der Waals surface area contributed by atoms with Gasteiger partial charge in [-0.2, -0.15) is 0 Å². The Morgan fingerprint density at radius 3 is 2.91 bits per heavy atom. The highest BCUT2D eigenvalue weighted by Crippen LogP contribution is 2.32. The number of nitrogens with one attached hydrogen (secondary N) is 1. The van der Waals surface area contributed by atoms with Gasteiger partial charge in [0.2, 0.25) is 0 Å². The van der Waals surface area contributed by atoms with E-state index >= 15 is 0 Å². The molecule has 1 aliphatic rings. The van der Waals surface area contributed by atoms with E-state index in [9.17, 15) is 14.9 Å². The molecule has 0 radical (unpaired) electrons. The van der Waals surface area contributed by atoms with Crippen molar-refractivity contribution in [2.24, 2.45) is 10.7 Å². The summed E-state index contributed by atoms with van der Waals surface area (Å²) in [5, 5.41) is 13.7. The predicted octanol–water partition coefficient (Wildman–Crippen LogP) is 1.39. The maximum absolute atomic E-state index is 12.2. The third-order valence-corrected chi connectivity index (χ3v) is 3.15. The largest absolute Gasteiger partial charge is 0.463 e. The lowest BCUT2D eigenvalue weighted by Gasteiger charge is -2.24. The summed E-state index contributed by atoms with van der Waals surface area (Å²) >= 11 is 0. The number of hydrogen-bond acceptors (Lipinski definition) is 7. The van der Waals surface area contributed by atoms with Crippen molar-refractivity contribution in [2.45, 2.75) is 19.9 Å². The highest BCUT2D eigenvalue weighted by molar-refractivity contribution is 5.94. The molecule has 2 rings (SSSR count). The second kappa shape index (κ2) is 6.25. The second-order valence-corrected chi connectivity index (χ2v) is 4.65. The van der Waals surface area contributed by atoms with Crippen LogP contribution in [0.3, 0.4) is 0 Å². The average Bonchev–Trinajstić information content (AvgIpc) is 2.46. The number of carbonyl (C=O) groups excluding carboxylic acids is 1. The van der Waals surface area contributed by atoms with E-state index < -0.39 is 16.9 Å². The van der Waals surface area contributed by atoms with Crippen LogP contribution < -0.4 is 11.1 Å². The maximum Gasteiger partial charge on any atom is 0.338 e. The second-order valence-electron chi connectivity index (χ2n) is 4.65. The van der Waals surface area contributed by atoms with Crippen molar-refractivity contribution in [3.8, 4) is 0 Å². The smallest absolute Gasteiger partial charge is 0.338 e. The van der Waals surface area contributed by atoms with Crippen molar-refractivity contribution in [1.29, 1.82) is 0 Å². The Kier molecular flexibility index (Phi) is 4.40. The van der Waals surface area contributed by atoms with Crippen LogP contribution in [-0.4, -0.2) is 23.5 Å². The summed E-state index contributed by atoms with van der Waals surface area (Å²) in [7, 11) is 0. The zero-order chi connectivity index (χ0) is 16.3. The van der Waals surface area contributed by atoms with E-state index in [1.54, 1.807) is 26.0 Å². The third kappa shape index (κ3) is 3.05. The average molecular weight is 304 g/mol. The number of carbonyl (C=O) groups is 1. The molecule has 0 bridgehead atoms. The molecule has 0 spiro atoms. The van der Waals surface area contributed by atoms with Crippen LogP contribution in [0.15, 0.2) is 40.5 Å². The van der Waals surface area contributed by atoms with E-state index in [0.717, 1.165) is 0 Å². The molecule has 22 heavy (non-hydrogen) atoms. The quantitative estimate of drug-likeness (QED) is 0.492. The lowest BCUT2D eigenvalue weighted by molar-refractivity contribution is -0.384. The summed E-state index contributed by atoms with van der Waals surface area (Å²) in [5.41, 5.74) is 6.93. The number of nitrogens with two attached hydrogens (primary N) is 1. The number of benzene rings is 1. The van der Waals surface area contributed by atoms with Crippen molar-refractivity contribution in [3.05, 3.63) is 51.2 Å². The van der Waals surface area contributed by atoms with Gasteiger partial charge >= 0.3 is 5.97 Å². The molecule has 0 fully saturated rings. The van der Waals surface area contributed by atoms with Crippen molar-refractivity contribution in [1.82, 2.24) is 5.32 Å². The zero-order valence-electron chi connectivity index (χ0n) is 12.2. The lowest BCUT2D eigenvalue weighted by atomic mass is 9.96. The number of ether oxygens (including phenoxy) is 1. The molecule has 3 N–H and O–H groups in total. The number of nitrogens with zero attached hydrogens (tertiary/aromatic N) is 2. The van der Waals surface area contributed by atoms with Gasteiger partial charge in [-0.05, 0) is 19.4 Å². The first kappa shape index (κ1) is 15.5. The van der Waals surface area contributed by atoms with Crippen LogP contribution in [0.2, 0.25) is 0 Å². The van der Waals surface area contributed by atoms with Gasteiger partial charge in [0.1, 0.15) is 6.04 Å². The first-order valence-corrected chi connectivity index (χ1v) is 6.66. The Labute approximate surface area is 126 Å². The number of hydrogen-bond donors (Lipinski definition) is 2. The fraction of sp³-hybridized carbons (Fsp3) is 0.286. The van der Waals surface area contributed by atoms with Crippen LogP contribution in [0.5, 0.6) is 0 Å². The van der Waals surface area contributed by atoms with Gasteiger partial charge in [0.05, 0.1) is 17.1 Å². The normalized spacial score (nSPS) is 17.5. The van der Waals surface area contributed by atoms with E-state index in [-0.39, 0.29) is 23.8 Å². The number of nitro benzene ring substituents is 1. The number of guanidine groups is 1. The standard InChI is InChI=1S/C14H16N4O4/c1-3-22-13(19)11-8(2)16-14(15)17-12(11)9-5-4-6-10(7-9)18(20)21/h4-7,12H,3H2,1-2H3,(H3,15,16,17). The number of rotatable bonds is 4. The van der Waals surface area contributed by atoms with Gasteiger partial charge in [-0.15, -0.1) is 0 Å². The third-order valence-electron chi connectivity index (χ3n) is 3.15. The molecular formula is C14H16N4O4. The molecule has 0 saturated heterocycles. The van der Waals surface area contributed by atoms with Crippen molar-refractivity contribution in [3.63, 3.8) is 0 Å². The summed E-state index contributed by atoms with van der Waals surface area (Å²) < 4.78 is 5.04. The molecule has 1 unspecified atom stereocenters. The van der Waals surface area contributed by atoms with Crippen LogP contribution in [-0.2, 0) is 9.53 Å². The first-order valence-electron chi connectivity index (χ1n) is 6.66. The fourth-order valence-corrected chi connectivity index (χ4v) is 2.22. The van der Waals surface area contributed by atoms with Gasteiger partial charge < -0.3 is 15.8 Å². The molecule has 0 aliphatic carbocycles. The van der Waals surface area contributed by atoms with Crippen LogP contribution in [0.25, 0.3) is 0 Å². The van der Waals surface area contributed by atoms with Crippen LogP contribution in [0, 0.1) is 10.1 Å². The highest BCUT2D eigenvalue weighted by Gasteiger charge is 2.30. The van der Waals surface area contributed by atoms with Crippen LogP contribution >= 0.6 is 0 Å². The molecule has 0 amide bonds. The lowest BCUT2D eigenvalue weighted by Crippen LogP contribution is -2.37. The van der Waals surface area contributed by atoms with Crippen molar-refractivity contribution < 1.29 is 14.5 Å². The minimum atomic E-state index is -0.736. The molecule has 8 heteroatoms. The summed E-state index contributed by atoms with van der Waals surface area (Å²) in [5.74, 6) is -0.387. The number of allylic oxidation sites excluding steroid dienone is 1. The molecule has 0 aromatic heterocycles. The number of aliphatic imine (C=N–C) groups is 1. The summed E-state index contributed by atoms with van der Waals surface area (Å²) in [6.07, 6.45) is 0. The zero-order valence-corrected chi connectivity index (χ0v) is 12.2. The topological polar surface area (TPSA) is 120 Å². The minimum absolute atomic E-state index is 0.0781. The number of esters is 1. The van der Waals surface area contributed by atoms with E-state index in [2.05, 4.69) is 10.3 Å². The SMILES string of the molecule is CCOC(=O)C1=C(C)NC(N)=NC1c1cccc([N+](=O)[O-])c1. The molecule has 1 atom stereocenters. The molecule has 8 nitrogen and oxygen atoms in total. The van der Waals surface area contributed by atoms with E-state index in [1.165, 1.54) is 12.1 Å². The summed E-state index contributed by atoms with van der Waals surface area (Å²) in [6, 6.07) is 5.21.